The maximum atomic E-state index is 12.9. The summed E-state index contributed by atoms with van der Waals surface area (Å²) in [6.07, 6.45) is 0.856. The minimum atomic E-state index is 0.0566. The van der Waals surface area contributed by atoms with Gasteiger partial charge in [-0.05, 0) is 48.4 Å². The highest BCUT2D eigenvalue weighted by atomic mass is 35.5. The molecule has 3 nitrogen and oxygen atoms in total. The second-order valence-corrected chi connectivity index (χ2v) is 6.79. The average molecular weight is 379 g/mol. The van der Waals surface area contributed by atoms with Gasteiger partial charge in [0.2, 0.25) is 5.91 Å². The van der Waals surface area contributed by atoms with Crippen LogP contribution in [0, 0.1) is 0 Å². The summed E-state index contributed by atoms with van der Waals surface area (Å²) in [6.45, 7) is 1.60. The Morgan fingerprint density at radius 1 is 0.815 bits per heavy atom. The Hall–Kier alpha value is -2.62. The first-order chi connectivity index (χ1) is 13.2. The standard InChI is InChI=1S/C23H23ClN2O/c24-21-13-11-19(12-14-21)15-16-25-17-23(27)26(22-9-5-2-6-10-22)18-20-7-3-1-4-8-20/h1-14,25H,15-18H2. The van der Waals surface area contributed by atoms with Gasteiger partial charge in [0.15, 0.2) is 0 Å². The number of anilines is 1. The van der Waals surface area contributed by atoms with E-state index < -0.39 is 0 Å². The van der Waals surface area contributed by atoms with Crippen molar-refractivity contribution in [2.75, 3.05) is 18.0 Å². The number of carbonyl (C=O) groups excluding carboxylic acids is 1. The van der Waals surface area contributed by atoms with Gasteiger partial charge in [-0.3, -0.25) is 4.79 Å². The molecule has 3 aromatic carbocycles. The lowest BCUT2D eigenvalue weighted by molar-refractivity contribution is -0.117. The maximum Gasteiger partial charge on any atom is 0.241 e. The summed E-state index contributed by atoms with van der Waals surface area (Å²) in [5.41, 5.74) is 3.21. The monoisotopic (exact) mass is 378 g/mol. The molecule has 0 atom stereocenters. The molecule has 4 heteroatoms. The van der Waals surface area contributed by atoms with Gasteiger partial charge in [-0.2, -0.15) is 0 Å². The van der Waals surface area contributed by atoms with E-state index in [1.807, 2.05) is 89.8 Å². The van der Waals surface area contributed by atoms with Crippen molar-refractivity contribution in [3.8, 4) is 0 Å². The van der Waals surface area contributed by atoms with Crippen molar-refractivity contribution in [1.82, 2.24) is 5.32 Å². The molecule has 0 fully saturated rings. The fourth-order valence-electron chi connectivity index (χ4n) is 2.87. The van der Waals surface area contributed by atoms with E-state index in [9.17, 15) is 4.79 Å². The summed E-state index contributed by atoms with van der Waals surface area (Å²) in [5, 5.41) is 4.00. The second-order valence-electron chi connectivity index (χ2n) is 6.35. The van der Waals surface area contributed by atoms with Crippen LogP contribution in [0.2, 0.25) is 5.02 Å². The van der Waals surface area contributed by atoms with Gasteiger partial charge in [0.1, 0.15) is 0 Å². The van der Waals surface area contributed by atoms with Gasteiger partial charge in [-0.25, -0.2) is 0 Å². The van der Waals surface area contributed by atoms with Crippen LogP contribution in [0.15, 0.2) is 84.9 Å². The van der Waals surface area contributed by atoms with Crippen LogP contribution < -0.4 is 10.2 Å². The average Bonchev–Trinajstić information content (AvgIpc) is 2.72. The number of nitrogens with one attached hydrogen (secondary N) is 1. The summed E-state index contributed by atoms with van der Waals surface area (Å²) in [4.78, 5) is 14.7. The molecule has 0 aliphatic rings. The van der Waals surface area contributed by atoms with Gasteiger partial charge in [0.25, 0.3) is 0 Å². The molecule has 0 aliphatic carbocycles. The predicted octanol–water partition coefficient (Wildman–Crippen LogP) is 4.71. The summed E-state index contributed by atoms with van der Waals surface area (Å²) >= 11 is 5.91. The molecule has 1 N–H and O–H groups in total. The Balaban J connectivity index is 1.58. The minimum Gasteiger partial charge on any atom is -0.308 e. The van der Waals surface area contributed by atoms with Crippen molar-refractivity contribution < 1.29 is 4.79 Å². The normalized spacial score (nSPS) is 10.6. The molecule has 3 aromatic rings. The lowest BCUT2D eigenvalue weighted by atomic mass is 10.1. The molecular weight excluding hydrogens is 356 g/mol. The third-order valence-corrected chi connectivity index (χ3v) is 4.58. The van der Waals surface area contributed by atoms with Gasteiger partial charge in [-0.15, -0.1) is 0 Å². The van der Waals surface area contributed by atoms with E-state index in [0.29, 0.717) is 13.1 Å². The Morgan fingerprint density at radius 3 is 2.11 bits per heavy atom. The van der Waals surface area contributed by atoms with Crippen LogP contribution in [-0.2, 0) is 17.8 Å². The molecule has 27 heavy (non-hydrogen) atoms. The maximum absolute atomic E-state index is 12.9. The number of carbonyl (C=O) groups is 1. The number of halogens is 1. The number of amides is 1. The molecule has 1 amide bonds. The molecule has 138 valence electrons. The lowest BCUT2D eigenvalue weighted by Crippen LogP contribution is -2.38. The fraction of sp³-hybridized carbons (Fsp3) is 0.174. The van der Waals surface area contributed by atoms with Gasteiger partial charge in [0, 0.05) is 10.7 Å². The fourth-order valence-corrected chi connectivity index (χ4v) is 3.00. The molecule has 0 heterocycles. The number of hydrogen-bond donors (Lipinski definition) is 1. The first kappa shape index (κ1) is 19.2. The smallest absolute Gasteiger partial charge is 0.241 e. The summed E-state index contributed by atoms with van der Waals surface area (Å²) in [5.74, 6) is 0.0566. The van der Waals surface area contributed by atoms with Crippen molar-refractivity contribution in [3.63, 3.8) is 0 Å². The van der Waals surface area contributed by atoms with Crippen molar-refractivity contribution >= 4 is 23.2 Å². The van der Waals surface area contributed by atoms with Gasteiger partial charge >= 0.3 is 0 Å². The van der Waals surface area contributed by atoms with E-state index in [4.69, 9.17) is 11.6 Å². The summed E-state index contributed by atoms with van der Waals surface area (Å²) < 4.78 is 0. The SMILES string of the molecule is O=C(CNCCc1ccc(Cl)cc1)N(Cc1ccccc1)c1ccccc1. The van der Waals surface area contributed by atoms with Crippen molar-refractivity contribution in [3.05, 3.63) is 101 Å². The summed E-state index contributed by atoms with van der Waals surface area (Å²) in [6, 6.07) is 27.6. The Kier molecular flexibility index (Phi) is 7.03. The highest BCUT2D eigenvalue weighted by Gasteiger charge is 2.15. The van der Waals surface area contributed by atoms with E-state index in [1.165, 1.54) is 5.56 Å². The first-order valence-corrected chi connectivity index (χ1v) is 9.45. The molecule has 0 radical (unpaired) electrons. The second kappa shape index (κ2) is 9.91. The Bertz CT molecular complexity index is 835. The first-order valence-electron chi connectivity index (χ1n) is 9.07. The number of benzene rings is 3. The van der Waals surface area contributed by atoms with Gasteiger partial charge in [-0.1, -0.05) is 72.3 Å². The molecule has 0 aliphatic heterocycles. The van der Waals surface area contributed by atoms with E-state index >= 15 is 0 Å². The zero-order chi connectivity index (χ0) is 18.9. The van der Waals surface area contributed by atoms with Crippen LogP contribution in [0.1, 0.15) is 11.1 Å². The van der Waals surface area contributed by atoms with E-state index in [0.717, 1.165) is 29.2 Å². The Morgan fingerprint density at radius 2 is 1.44 bits per heavy atom. The number of nitrogens with zero attached hydrogens (tertiary/aromatic N) is 1. The molecule has 0 unspecified atom stereocenters. The number of para-hydroxylation sites is 1. The van der Waals surface area contributed by atoms with E-state index in [2.05, 4.69) is 5.32 Å². The minimum absolute atomic E-state index is 0.0566. The van der Waals surface area contributed by atoms with Crippen LogP contribution in [0.3, 0.4) is 0 Å². The quantitative estimate of drug-likeness (QED) is 0.576. The van der Waals surface area contributed by atoms with E-state index in [1.54, 1.807) is 0 Å². The topological polar surface area (TPSA) is 32.3 Å². The Labute approximate surface area is 165 Å². The molecule has 0 spiro atoms. The zero-order valence-electron chi connectivity index (χ0n) is 15.1. The number of rotatable bonds is 8. The highest BCUT2D eigenvalue weighted by Crippen LogP contribution is 2.17. The highest BCUT2D eigenvalue weighted by molar-refractivity contribution is 6.30. The van der Waals surface area contributed by atoms with Crippen LogP contribution in [0.4, 0.5) is 5.69 Å². The molecule has 3 rings (SSSR count). The molecule has 0 saturated carbocycles. The summed E-state index contributed by atoms with van der Waals surface area (Å²) in [7, 11) is 0. The third kappa shape index (κ3) is 5.95. The molecular formula is C23H23ClN2O. The van der Waals surface area contributed by atoms with Gasteiger partial charge < -0.3 is 10.2 Å². The van der Waals surface area contributed by atoms with Crippen LogP contribution in [-0.4, -0.2) is 19.0 Å². The van der Waals surface area contributed by atoms with Crippen molar-refractivity contribution in [1.29, 1.82) is 0 Å². The van der Waals surface area contributed by atoms with Crippen molar-refractivity contribution in [2.24, 2.45) is 0 Å². The lowest BCUT2D eigenvalue weighted by Gasteiger charge is -2.23. The third-order valence-electron chi connectivity index (χ3n) is 4.33. The van der Waals surface area contributed by atoms with E-state index in [-0.39, 0.29) is 5.91 Å². The van der Waals surface area contributed by atoms with Crippen LogP contribution in [0.25, 0.3) is 0 Å². The van der Waals surface area contributed by atoms with Crippen LogP contribution in [0.5, 0.6) is 0 Å². The largest absolute Gasteiger partial charge is 0.308 e. The predicted molar refractivity (Wildman–Crippen MR) is 112 cm³/mol. The van der Waals surface area contributed by atoms with Crippen molar-refractivity contribution in [2.45, 2.75) is 13.0 Å². The number of hydrogen-bond acceptors (Lipinski definition) is 2. The van der Waals surface area contributed by atoms with Gasteiger partial charge in [0.05, 0.1) is 13.1 Å². The molecule has 0 aromatic heterocycles. The molecule has 0 saturated heterocycles. The molecule has 0 bridgehead atoms. The van der Waals surface area contributed by atoms with Crippen LogP contribution >= 0.6 is 11.6 Å². The zero-order valence-corrected chi connectivity index (χ0v) is 15.9.